The van der Waals surface area contributed by atoms with Gasteiger partial charge in [0.15, 0.2) is 0 Å². The van der Waals surface area contributed by atoms with E-state index in [9.17, 15) is 0 Å². The predicted octanol–water partition coefficient (Wildman–Crippen LogP) is 2.96. The lowest BCUT2D eigenvalue weighted by molar-refractivity contribution is 0.431. The van der Waals surface area contributed by atoms with E-state index in [1.165, 1.54) is 5.56 Å². The molecule has 0 fully saturated rings. The lowest BCUT2D eigenvalue weighted by atomic mass is 10.1. The van der Waals surface area contributed by atoms with E-state index in [-0.39, 0.29) is 5.54 Å². The Hall–Kier alpha value is -1.15. The van der Waals surface area contributed by atoms with Crippen LogP contribution in [-0.4, -0.2) is 17.1 Å². The molecule has 16 heavy (non-hydrogen) atoms. The average molecular weight is 218 g/mol. The number of rotatable bonds is 5. The van der Waals surface area contributed by atoms with Crippen molar-refractivity contribution in [3.63, 3.8) is 0 Å². The quantitative estimate of drug-likeness (QED) is 0.607. The summed E-state index contributed by atoms with van der Waals surface area (Å²) in [5.74, 6) is 0. The van der Waals surface area contributed by atoms with Crippen molar-refractivity contribution in [2.75, 3.05) is 6.54 Å². The Morgan fingerprint density at radius 1 is 1.31 bits per heavy atom. The molecule has 1 heterocycles. The normalized spacial score (nSPS) is 12.2. The minimum absolute atomic E-state index is 0.219. The zero-order valence-corrected chi connectivity index (χ0v) is 10.5. The monoisotopic (exact) mass is 218 g/mol. The lowest BCUT2D eigenvalue weighted by Gasteiger charge is -2.19. The minimum Gasteiger partial charge on any atom is -0.312 e. The van der Waals surface area contributed by atoms with E-state index in [0.29, 0.717) is 0 Å². The summed E-state index contributed by atoms with van der Waals surface area (Å²) < 4.78 is 0. The van der Waals surface area contributed by atoms with Crippen LogP contribution in [0.15, 0.2) is 36.7 Å². The van der Waals surface area contributed by atoms with Gasteiger partial charge >= 0.3 is 0 Å². The van der Waals surface area contributed by atoms with Crippen LogP contribution in [-0.2, 0) is 6.42 Å². The van der Waals surface area contributed by atoms with E-state index < -0.39 is 0 Å². The van der Waals surface area contributed by atoms with Crippen LogP contribution in [0.1, 0.15) is 32.8 Å². The zero-order chi connectivity index (χ0) is 11.9. The smallest absolute Gasteiger partial charge is 0.0303 e. The topological polar surface area (TPSA) is 24.9 Å². The van der Waals surface area contributed by atoms with Gasteiger partial charge in [-0.2, -0.15) is 0 Å². The second-order valence-corrected chi connectivity index (χ2v) is 5.00. The Labute approximate surface area is 98.8 Å². The van der Waals surface area contributed by atoms with Crippen LogP contribution in [0.2, 0.25) is 0 Å². The summed E-state index contributed by atoms with van der Waals surface area (Å²) in [4.78, 5) is 4.09. The Morgan fingerprint density at radius 3 is 2.75 bits per heavy atom. The number of pyridine rings is 1. The highest BCUT2D eigenvalue weighted by Crippen LogP contribution is 2.00. The van der Waals surface area contributed by atoms with Crippen molar-refractivity contribution < 1.29 is 0 Å². The number of nitrogens with zero attached hydrogens (tertiary/aromatic N) is 1. The Morgan fingerprint density at radius 2 is 2.12 bits per heavy atom. The lowest BCUT2D eigenvalue weighted by Crippen LogP contribution is -2.36. The number of hydrogen-bond donors (Lipinski definition) is 1. The highest BCUT2D eigenvalue weighted by atomic mass is 14.9. The van der Waals surface area contributed by atoms with Crippen molar-refractivity contribution >= 4 is 0 Å². The molecule has 0 aliphatic heterocycles. The number of hydrogen-bond acceptors (Lipinski definition) is 2. The maximum atomic E-state index is 4.09. The van der Waals surface area contributed by atoms with Crippen LogP contribution in [0.3, 0.4) is 0 Å². The molecule has 2 heteroatoms. The number of aromatic nitrogens is 1. The highest BCUT2D eigenvalue weighted by molar-refractivity contribution is 5.12. The molecular formula is C14H22N2. The molecular weight excluding hydrogens is 196 g/mol. The van der Waals surface area contributed by atoms with Gasteiger partial charge in [-0.15, -0.1) is 0 Å². The molecule has 0 saturated heterocycles. The third-order valence-corrected chi connectivity index (χ3v) is 2.21. The molecule has 0 unspecified atom stereocenters. The van der Waals surface area contributed by atoms with Crippen LogP contribution in [0, 0.1) is 0 Å². The second kappa shape index (κ2) is 6.44. The Bertz CT molecular complexity index is 309. The van der Waals surface area contributed by atoms with Crippen LogP contribution >= 0.6 is 0 Å². The van der Waals surface area contributed by atoms with E-state index in [0.717, 1.165) is 19.4 Å². The number of nitrogens with one attached hydrogen (secondary N) is 1. The maximum absolute atomic E-state index is 4.09. The summed E-state index contributed by atoms with van der Waals surface area (Å²) in [5, 5.41) is 3.46. The van der Waals surface area contributed by atoms with E-state index in [1.54, 1.807) is 6.20 Å². The van der Waals surface area contributed by atoms with Crippen LogP contribution in [0.25, 0.3) is 0 Å². The van der Waals surface area contributed by atoms with Gasteiger partial charge in [-0.25, -0.2) is 0 Å². The van der Waals surface area contributed by atoms with Crippen molar-refractivity contribution in [1.82, 2.24) is 10.3 Å². The summed E-state index contributed by atoms with van der Waals surface area (Å²) in [6.45, 7) is 7.60. The average Bonchev–Trinajstić information content (AvgIpc) is 2.23. The second-order valence-electron chi connectivity index (χ2n) is 5.00. The van der Waals surface area contributed by atoms with Crippen LogP contribution in [0.5, 0.6) is 0 Å². The molecule has 0 saturated carbocycles. The molecule has 0 radical (unpaired) electrons. The summed E-state index contributed by atoms with van der Waals surface area (Å²) >= 11 is 0. The van der Waals surface area contributed by atoms with Crippen LogP contribution in [0.4, 0.5) is 0 Å². The molecule has 0 amide bonds. The first-order valence-electron chi connectivity index (χ1n) is 5.87. The fraction of sp³-hybridized carbons (Fsp3) is 0.500. The Kier molecular flexibility index (Phi) is 5.20. The first kappa shape index (κ1) is 12.9. The molecule has 0 aliphatic rings. The van der Waals surface area contributed by atoms with Crippen molar-refractivity contribution in [3.05, 3.63) is 42.2 Å². The third kappa shape index (κ3) is 6.36. The van der Waals surface area contributed by atoms with Gasteiger partial charge < -0.3 is 5.32 Å². The third-order valence-electron chi connectivity index (χ3n) is 2.21. The van der Waals surface area contributed by atoms with Gasteiger partial charge in [-0.3, -0.25) is 4.98 Å². The molecule has 0 atom stereocenters. The molecule has 1 rings (SSSR count). The summed E-state index contributed by atoms with van der Waals surface area (Å²) in [6.07, 6.45) is 10.2. The van der Waals surface area contributed by atoms with E-state index in [2.05, 4.69) is 49.3 Å². The summed E-state index contributed by atoms with van der Waals surface area (Å²) in [7, 11) is 0. The van der Waals surface area contributed by atoms with Gasteiger partial charge in [0.1, 0.15) is 0 Å². The predicted molar refractivity (Wildman–Crippen MR) is 69.5 cm³/mol. The molecule has 0 spiro atoms. The maximum Gasteiger partial charge on any atom is 0.0303 e. The molecule has 0 aliphatic carbocycles. The molecule has 1 aromatic rings. The van der Waals surface area contributed by atoms with Crippen molar-refractivity contribution in [2.45, 2.75) is 39.2 Å². The van der Waals surface area contributed by atoms with Crippen molar-refractivity contribution in [3.8, 4) is 0 Å². The fourth-order valence-electron chi connectivity index (χ4n) is 1.39. The van der Waals surface area contributed by atoms with Gasteiger partial charge in [-0.1, -0.05) is 18.2 Å². The highest BCUT2D eigenvalue weighted by Gasteiger charge is 2.05. The molecule has 1 aromatic heterocycles. The van der Waals surface area contributed by atoms with Gasteiger partial charge in [0, 0.05) is 17.9 Å². The van der Waals surface area contributed by atoms with Gasteiger partial charge in [0.05, 0.1) is 0 Å². The van der Waals surface area contributed by atoms with E-state index >= 15 is 0 Å². The molecule has 0 bridgehead atoms. The molecule has 88 valence electrons. The van der Waals surface area contributed by atoms with Crippen molar-refractivity contribution in [1.29, 1.82) is 0 Å². The van der Waals surface area contributed by atoms with Crippen LogP contribution < -0.4 is 5.32 Å². The molecule has 2 nitrogen and oxygen atoms in total. The minimum atomic E-state index is 0.219. The molecule has 0 aromatic carbocycles. The van der Waals surface area contributed by atoms with Gasteiger partial charge in [0.2, 0.25) is 0 Å². The standard InChI is InChI=1S/C14H22N2/c1-14(2,3)16-11-6-4-5-8-13-9-7-10-15-12-13/h4-5,7,9-10,12,16H,6,8,11H2,1-3H3/b5-4+. The van der Waals surface area contributed by atoms with Gasteiger partial charge in [0.25, 0.3) is 0 Å². The summed E-state index contributed by atoms with van der Waals surface area (Å²) in [6, 6.07) is 4.08. The SMILES string of the molecule is CC(C)(C)NCC/C=C/Cc1cccnc1. The van der Waals surface area contributed by atoms with Gasteiger partial charge in [-0.05, 0) is 51.8 Å². The van der Waals surface area contributed by atoms with Crippen molar-refractivity contribution in [2.24, 2.45) is 0 Å². The first-order valence-corrected chi connectivity index (χ1v) is 5.87. The first-order chi connectivity index (χ1) is 7.58. The number of allylic oxidation sites excluding steroid dienone is 1. The molecule has 1 N–H and O–H groups in total. The zero-order valence-electron chi connectivity index (χ0n) is 10.5. The fourth-order valence-corrected chi connectivity index (χ4v) is 1.39. The largest absolute Gasteiger partial charge is 0.312 e. The van der Waals surface area contributed by atoms with E-state index in [4.69, 9.17) is 0 Å². The van der Waals surface area contributed by atoms with E-state index in [1.807, 2.05) is 12.3 Å². The Balaban J connectivity index is 2.14. The summed E-state index contributed by atoms with van der Waals surface area (Å²) in [5.41, 5.74) is 1.49.